The number of aromatic nitrogens is 2. The van der Waals surface area contributed by atoms with E-state index in [1.54, 1.807) is 61.8 Å². The maximum Gasteiger partial charge on any atom is 0.229 e. The third-order valence-corrected chi connectivity index (χ3v) is 3.86. The van der Waals surface area contributed by atoms with Gasteiger partial charge in [-0.2, -0.15) is 4.98 Å². The van der Waals surface area contributed by atoms with Crippen molar-refractivity contribution in [3.63, 3.8) is 0 Å². The molecule has 0 radical (unpaired) electrons. The largest absolute Gasteiger partial charge is 0.495 e. The molecule has 0 atom stereocenters. The van der Waals surface area contributed by atoms with Gasteiger partial charge >= 0.3 is 0 Å². The number of benzene rings is 2. The highest BCUT2D eigenvalue weighted by Gasteiger charge is 2.07. The summed E-state index contributed by atoms with van der Waals surface area (Å²) in [4.78, 5) is 20.0. The van der Waals surface area contributed by atoms with Crippen LogP contribution in [0.5, 0.6) is 5.75 Å². The summed E-state index contributed by atoms with van der Waals surface area (Å²) in [5.41, 5.74) is 2.14. The molecule has 0 aliphatic rings. The van der Waals surface area contributed by atoms with Gasteiger partial charge in [-0.15, -0.1) is 0 Å². The van der Waals surface area contributed by atoms with Gasteiger partial charge in [-0.05, 0) is 55.5 Å². The Balaban J connectivity index is 1.78. The second kappa shape index (κ2) is 7.84. The van der Waals surface area contributed by atoms with Crippen molar-refractivity contribution in [2.24, 2.45) is 0 Å². The quantitative estimate of drug-likeness (QED) is 0.607. The molecule has 3 rings (SSSR count). The average molecular weight is 369 g/mol. The molecule has 0 spiro atoms. The monoisotopic (exact) mass is 368 g/mol. The summed E-state index contributed by atoms with van der Waals surface area (Å²) in [5.74, 6) is 1.69. The highest BCUT2D eigenvalue weighted by atomic mass is 35.5. The molecule has 26 heavy (non-hydrogen) atoms. The van der Waals surface area contributed by atoms with Gasteiger partial charge < -0.3 is 15.4 Å². The topological polar surface area (TPSA) is 76.1 Å². The summed E-state index contributed by atoms with van der Waals surface area (Å²) in [7, 11) is 1.59. The molecule has 7 heteroatoms. The molecular formula is C19H17ClN4O2. The molecule has 0 saturated carbocycles. The first-order valence-corrected chi connectivity index (χ1v) is 8.24. The Morgan fingerprint density at radius 3 is 2.54 bits per heavy atom. The Morgan fingerprint density at radius 2 is 1.85 bits per heavy atom. The third-order valence-electron chi connectivity index (χ3n) is 3.63. The fraction of sp³-hybridized carbons (Fsp3) is 0.105. The van der Waals surface area contributed by atoms with Crippen LogP contribution < -0.4 is 15.4 Å². The van der Waals surface area contributed by atoms with Crippen molar-refractivity contribution < 1.29 is 9.53 Å². The fourth-order valence-electron chi connectivity index (χ4n) is 2.32. The number of nitrogens with zero attached hydrogens (tertiary/aromatic N) is 2. The summed E-state index contributed by atoms with van der Waals surface area (Å²) in [6.07, 6.45) is 1.64. The first-order chi connectivity index (χ1) is 12.5. The summed E-state index contributed by atoms with van der Waals surface area (Å²) < 4.78 is 5.32. The van der Waals surface area contributed by atoms with E-state index in [0.29, 0.717) is 33.8 Å². The van der Waals surface area contributed by atoms with Crippen LogP contribution in [0.15, 0.2) is 54.7 Å². The smallest absolute Gasteiger partial charge is 0.229 e. The van der Waals surface area contributed by atoms with Gasteiger partial charge in [-0.3, -0.25) is 4.79 Å². The number of ketones is 1. The van der Waals surface area contributed by atoms with E-state index >= 15 is 0 Å². The summed E-state index contributed by atoms with van der Waals surface area (Å²) in [6.45, 7) is 1.53. The van der Waals surface area contributed by atoms with Crippen LogP contribution in [-0.2, 0) is 0 Å². The van der Waals surface area contributed by atoms with Crippen molar-refractivity contribution >= 4 is 40.5 Å². The highest BCUT2D eigenvalue weighted by Crippen LogP contribution is 2.30. The van der Waals surface area contributed by atoms with Crippen LogP contribution in [0.2, 0.25) is 5.02 Å². The van der Waals surface area contributed by atoms with Crippen molar-refractivity contribution in [3.8, 4) is 5.75 Å². The van der Waals surface area contributed by atoms with Crippen LogP contribution in [0.3, 0.4) is 0 Å². The number of ether oxygens (including phenoxy) is 1. The van der Waals surface area contributed by atoms with Crippen molar-refractivity contribution in [3.05, 3.63) is 65.3 Å². The molecular weight excluding hydrogens is 352 g/mol. The first kappa shape index (κ1) is 17.7. The zero-order valence-electron chi connectivity index (χ0n) is 14.3. The number of rotatable bonds is 6. The number of carbonyl (C=O) groups excluding carboxylic acids is 1. The van der Waals surface area contributed by atoms with Gasteiger partial charge in [0.2, 0.25) is 5.95 Å². The lowest BCUT2D eigenvalue weighted by Gasteiger charge is -2.12. The molecule has 1 aromatic heterocycles. The van der Waals surface area contributed by atoms with Crippen LogP contribution in [0.25, 0.3) is 0 Å². The van der Waals surface area contributed by atoms with Crippen LogP contribution in [-0.4, -0.2) is 22.9 Å². The molecule has 2 N–H and O–H groups in total. The standard InChI is InChI=1S/C19H17ClN4O2/c1-12(25)13-3-6-15(7-4-13)22-19-21-10-9-18(24-19)23-16-11-14(20)5-8-17(16)26-2/h3-11H,1-2H3,(H2,21,22,23,24). The molecule has 132 valence electrons. The fourth-order valence-corrected chi connectivity index (χ4v) is 2.49. The molecule has 0 saturated heterocycles. The number of hydrogen-bond acceptors (Lipinski definition) is 6. The molecule has 0 amide bonds. The number of halogens is 1. The Labute approximate surface area is 156 Å². The van der Waals surface area contributed by atoms with E-state index < -0.39 is 0 Å². The van der Waals surface area contributed by atoms with Crippen molar-refractivity contribution in [2.45, 2.75) is 6.92 Å². The molecule has 0 aliphatic heterocycles. The van der Waals surface area contributed by atoms with Gasteiger partial charge in [0.15, 0.2) is 5.78 Å². The Bertz CT molecular complexity index is 929. The zero-order chi connectivity index (χ0) is 18.5. The van der Waals surface area contributed by atoms with Gasteiger partial charge in [0.1, 0.15) is 11.6 Å². The maximum absolute atomic E-state index is 11.3. The van der Waals surface area contributed by atoms with E-state index in [-0.39, 0.29) is 5.78 Å². The van der Waals surface area contributed by atoms with Crippen LogP contribution in [0.4, 0.5) is 23.1 Å². The number of Topliss-reactive ketones (excluding diaryl/α,β-unsaturated/α-hetero) is 1. The highest BCUT2D eigenvalue weighted by molar-refractivity contribution is 6.31. The third kappa shape index (κ3) is 4.29. The number of hydrogen-bond donors (Lipinski definition) is 2. The lowest BCUT2D eigenvalue weighted by atomic mass is 10.1. The number of anilines is 4. The molecule has 0 bridgehead atoms. The normalized spacial score (nSPS) is 10.3. The Hall–Kier alpha value is -3.12. The number of methoxy groups -OCH3 is 1. The number of nitrogens with one attached hydrogen (secondary N) is 2. The summed E-state index contributed by atoms with van der Waals surface area (Å²) in [6, 6.07) is 14.2. The predicted molar refractivity (Wildman–Crippen MR) is 103 cm³/mol. The van der Waals surface area contributed by atoms with Crippen molar-refractivity contribution in [1.29, 1.82) is 0 Å². The van der Waals surface area contributed by atoms with Crippen LogP contribution >= 0.6 is 11.6 Å². The zero-order valence-corrected chi connectivity index (χ0v) is 15.0. The molecule has 0 unspecified atom stereocenters. The average Bonchev–Trinajstić information content (AvgIpc) is 2.63. The van der Waals surface area contributed by atoms with Gasteiger partial charge in [0, 0.05) is 22.5 Å². The maximum atomic E-state index is 11.3. The van der Waals surface area contributed by atoms with E-state index in [2.05, 4.69) is 20.6 Å². The van der Waals surface area contributed by atoms with Gasteiger partial charge in [-0.25, -0.2) is 4.98 Å². The van der Waals surface area contributed by atoms with Gasteiger partial charge in [0.05, 0.1) is 12.8 Å². The molecule has 2 aromatic carbocycles. The lowest BCUT2D eigenvalue weighted by Crippen LogP contribution is -2.01. The minimum absolute atomic E-state index is 0.0227. The second-order valence-corrected chi connectivity index (χ2v) is 5.93. The number of carbonyl (C=O) groups is 1. The minimum Gasteiger partial charge on any atom is -0.495 e. The SMILES string of the molecule is COc1ccc(Cl)cc1Nc1ccnc(Nc2ccc(C(C)=O)cc2)n1. The Morgan fingerprint density at radius 1 is 1.08 bits per heavy atom. The predicted octanol–water partition coefficient (Wildman–Crippen LogP) is 4.83. The lowest BCUT2D eigenvalue weighted by molar-refractivity contribution is 0.101. The van der Waals surface area contributed by atoms with Gasteiger partial charge in [0.25, 0.3) is 0 Å². The van der Waals surface area contributed by atoms with E-state index in [4.69, 9.17) is 16.3 Å². The van der Waals surface area contributed by atoms with E-state index in [0.717, 1.165) is 5.69 Å². The van der Waals surface area contributed by atoms with Gasteiger partial charge in [-0.1, -0.05) is 11.6 Å². The summed E-state index contributed by atoms with van der Waals surface area (Å²) in [5, 5.41) is 6.86. The molecule has 1 heterocycles. The summed E-state index contributed by atoms with van der Waals surface area (Å²) >= 11 is 6.05. The van der Waals surface area contributed by atoms with E-state index in [9.17, 15) is 4.79 Å². The molecule has 0 aliphatic carbocycles. The van der Waals surface area contributed by atoms with Crippen molar-refractivity contribution in [2.75, 3.05) is 17.7 Å². The molecule has 0 fully saturated rings. The van der Waals surface area contributed by atoms with Crippen LogP contribution in [0.1, 0.15) is 17.3 Å². The Kier molecular flexibility index (Phi) is 5.34. The van der Waals surface area contributed by atoms with E-state index in [1.165, 1.54) is 6.92 Å². The van der Waals surface area contributed by atoms with E-state index in [1.807, 2.05) is 0 Å². The first-order valence-electron chi connectivity index (χ1n) is 7.87. The molecule has 3 aromatic rings. The second-order valence-electron chi connectivity index (χ2n) is 5.49. The van der Waals surface area contributed by atoms with Crippen molar-refractivity contribution in [1.82, 2.24) is 9.97 Å². The minimum atomic E-state index is 0.0227. The van der Waals surface area contributed by atoms with Crippen LogP contribution in [0, 0.1) is 0 Å². The molecule has 6 nitrogen and oxygen atoms in total.